The van der Waals surface area contributed by atoms with E-state index >= 15 is 0 Å². The van der Waals surface area contributed by atoms with Gasteiger partial charge >= 0.3 is 6.09 Å². The van der Waals surface area contributed by atoms with Gasteiger partial charge in [0.25, 0.3) is 0 Å². The number of carbonyl (C=O) groups excluding carboxylic acids is 2. The Balaban J connectivity index is 1.20. The first-order chi connectivity index (χ1) is 21.6. The lowest BCUT2D eigenvalue weighted by atomic mass is 9.44. The Bertz CT molecular complexity index is 1130. The third-order valence-electron chi connectivity index (χ3n) is 12.2. The van der Waals surface area contributed by atoms with Crippen molar-refractivity contribution in [3.05, 3.63) is 22.6 Å². The zero-order valence-electron chi connectivity index (χ0n) is 27.6. The number of amides is 2. The SMILES string of the molecule is C#CCC(NC(=O)/C=C/CC[C@@H](C)[C@H]1CC[C@H]2[C@@H]3CC[C@@H]4C[C@H](O)CC[C@]4(C)[C@H]3CC[C@]12C)NC(=O)OCCOCCN=[N+]=[N-]. The van der Waals surface area contributed by atoms with Crippen LogP contribution in [0.1, 0.15) is 97.8 Å². The second-order valence-corrected chi connectivity index (χ2v) is 14.6. The van der Waals surface area contributed by atoms with Crippen LogP contribution in [0.2, 0.25) is 0 Å². The Morgan fingerprint density at radius 2 is 1.87 bits per heavy atom. The average Bonchev–Trinajstić information content (AvgIpc) is 3.36. The number of aliphatic hydroxyl groups excluding tert-OH is 1. The van der Waals surface area contributed by atoms with Gasteiger partial charge in [0, 0.05) is 17.9 Å². The lowest BCUT2D eigenvalue weighted by Gasteiger charge is -2.61. The van der Waals surface area contributed by atoms with E-state index in [0.717, 1.165) is 49.4 Å². The van der Waals surface area contributed by atoms with Crippen molar-refractivity contribution in [3.63, 3.8) is 0 Å². The number of terminal acetylenes is 1. The number of nitrogens with zero attached hydrogens (tertiary/aromatic N) is 3. The number of aliphatic hydroxyl groups is 1. The van der Waals surface area contributed by atoms with Crippen LogP contribution < -0.4 is 10.6 Å². The summed E-state index contributed by atoms with van der Waals surface area (Å²) in [5.41, 5.74) is 9.05. The molecule has 2 amide bonds. The van der Waals surface area contributed by atoms with E-state index in [1.54, 1.807) is 0 Å². The van der Waals surface area contributed by atoms with Crippen LogP contribution in [0.4, 0.5) is 4.79 Å². The Morgan fingerprint density at radius 3 is 2.64 bits per heavy atom. The summed E-state index contributed by atoms with van der Waals surface area (Å²) in [7, 11) is 0. The van der Waals surface area contributed by atoms with Crippen molar-refractivity contribution in [2.24, 2.45) is 51.5 Å². The van der Waals surface area contributed by atoms with Gasteiger partial charge in [-0.1, -0.05) is 32.0 Å². The van der Waals surface area contributed by atoms with Crippen LogP contribution in [-0.2, 0) is 14.3 Å². The molecule has 4 aliphatic rings. The number of alkyl carbamates (subject to hydrolysis) is 1. The predicted molar refractivity (Wildman–Crippen MR) is 173 cm³/mol. The molecule has 0 aromatic rings. The molecule has 0 spiro atoms. The van der Waals surface area contributed by atoms with Crippen LogP contribution in [0, 0.1) is 58.7 Å². The summed E-state index contributed by atoms with van der Waals surface area (Å²) in [6, 6.07) is 0. The van der Waals surface area contributed by atoms with Crippen LogP contribution >= 0.6 is 0 Å². The van der Waals surface area contributed by atoms with E-state index in [9.17, 15) is 14.7 Å². The standard InChI is InChI=1S/C35H55N5O5/c1-5-8-31(39-33(43)45-22-21-44-20-19-37-40-36)38-32(42)10-7-6-9-24(2)28-13-14-29-27-12-11-25-23-26(41)15-17-34(25,3)30(27)16-18-35(28,29)4/h1,7,10,24-31,41H,6,8-9,11-23H2,2-4H3,(H,38,42)(H,39,43)/b10-7+/t24-,25-,26-,27+,28-,29+,30+,31?,34+,35-/m1/s1. The highest BCUT2D eigenvalue weighted by Crippen LogP contribution is 2.68. The summed E-state index contributed by atoms with van der Waals surface area (Å²) in [4.78, 5) is 27.3. The Kier molecular flexibility index (Phi) is 12.6. The lowest BCUT2D eigenvalue weighted by Crippen LogP contribution is -2.54. The molecule has 4 fully saturated rings. The zero-order chi connectivity index (χ0) is 32.5. The molecule has 10 nitrogen and oxygen atoms in total. The van der Waals surface area contributed by atoms with Crippen molar-refractivity contribution in [2.45, 2.75) is 110 Å². The van der Waals surface area contributed by atoms with Crippen LogP contribution in [0.3, 0.4) is 0 Å². The molecule has 0 bridgehead atoms. The summed E-state index contributed by atoms with van der Waals surface area (Å²) in [5.74, 6) is 6.65. The van der Waals surface area contributed by atoms with Gasteiger partial charge in [-0.2, -0.15) is 0 Å². The molecular formula is C35H55N5O5. The molecule has 3 N–H and O–H groups in total. The molecule has 4 saturated carbocycles. The van der Waals surface area contributed by atoms with Gasteiger partial charge in [0.15, 0.2) is 0 Å². The third-order valence-corrected chi connectivity index (χ3v) is 12.2. The number of nitrogens with one attached hydrogen (secondary N) is 2. The molecule has 250 valence electrons. The largest absolute Gasteiger partial charge is 0.447 e. The number of carbonyl (C=O) groups is 2. The van der Waals surface area contributed by atoms with Crippen LogP contribution in [-0.4, -0.2) is 55.7 Å². The Labute approximate surface area is 269 Å². The van der Waals surface area contributed by atoms with Crippen molar-refractivity contribution in [2.75, 3.05) is 26.4 Å². The number of ether oxygens (including phenoxy) is 2. The van der Waals surface area contributed by atoms with Crippen molar-refractivity contribution in [1.29, 1.82) is 0 Å². The van der Waals surface area contributed by atoms with Gasteiger partial charge in [0.1, 0.15) is 12.8 Å². The topological polar surface area (TPSA) is 146 Å². The van der Waals surface area contributed by atoms with Crippen LogP contribution in [0.5, 0.6) is 0 Å². The van der Waals surface area contributed by atoms with Gasteiger partial charge in [-0.25, -0.2) is 4.79 Å². The van der Waals surface area contributed by atoms with Crippen molar-refractivity contribution in [1.82, 2.24) is 10.6 Å². The molecule has 10 heteroatoms. The number of hydrogen-bond donors (Lipinski definition) is 3. The van der Waals surface area contributed by atoms with Crippen LogP contribution in [0.25, 0.3) is 10.4 Å². The molecule has 10 atom stereocenters. The van der Waals surface area contributed by atoms with Gasteiger partial charge in [0.2, 0.25) is 5.91 Å². The molecule has 0 aliphatic heterocycles. The number of fused-ring (bicyclic) bond motifs is 5. The summed E-state index contributed by atoms with van der Waals surface area (Å²) >= 11 is 0. The summed E-state index contributed by atoms with van der Waals surface area (Å²) in [5, 5.41) is 19.0. The van der Waals surface area contributed by atoms with Gasteiger partial charge in [0.05, 0.1) is 19.3 Å². The van der Waals surface area contributed by atoms with Crippen molar-refractivity contribution in [3.8, 4) is 12.3 Å². The summed E-state index contributed by atoms with van der Waals surface area (Å²) in [6.07, 6.45) is 20.5. The maximum absolute atomic E-state index is 12.6. The smallest absolute Gasteiger partial charge is 0.408 e. The lowest BCUT2D eigenvalue weighted by molar-refractivity contribution is -0.129. The van der Waals surface area contributed by atoms with Gasteiger partial charge in [-0.05, 0) is 129 Å². The molecule has 1 unspecified atom stereocenters. The van der Waals surface area contributed by atoms with E-state index in [1.807, 2.05) is 6.08 Å². The molecule has 4 aliphatic carbocycles. The highest BCUT2D eigenvalue weighted by atomic mass is 16.6. The number of azide groups is 1. The first-order valence-corrected chi connectivity index (χ1v) is 17.2. The first-order valence-electron chi connectivity index (χ1n) is 17.2. The molecule has 0 aromatic carbocycles. The highest BCUT2D eigenvalue weighted by Gasteiger charge is 2.60. The van der Waals surface area contributed by atoms with E-state index in [2.05, 4.69) is 47.4 Å². The minimum Gasteiger partial charge on any atom is -0.447 e. The van der Waals surface area contributed by atoms with E-state index in [1.165, 1.54) is 51.0 Å². The third kappa shape index (κ3) is 8.55. The second-order valence-electron chi connectivity index (χ2n) is 14.6. The van der Waals surface area contributed by atoms with Crippen molar-refractivity contribution < 1.29 is 24.2 Å². The van der Waals surface area contributed by atoms with Crippen molar-refractivity contribution >= 4 is 12.0 Å². The number of rotatable bonds is 14. The molecule has 45 heavy (non-hydrogen) atoms. The molecular weight excluding hydrogens is 570 g/mol. The maximum Gasteiger partial charge on any atom is 0.408 e. The predicted octanol–water partition coefficient (Wildman–Crippen LogP) is 6.50. The monoisotopic (exact) mass is 625 g/mol. The fraction of sp³-hybridized carbons (Fsp3) is 0.829. The number of allylic oxidation sites excluding steroid dienone is 1. The number of hydrogen-bond acceptors (Lipinski definition) is 6. The average molecular weight is 626 g/mol. The second kappa shape index (κ2) is 16.2. The van der Waals surface area contributed by atoms with E-state index in [0.29, 0.717) is 22.7 Å². The fourth-order valence-electron chi connectivity index (χ4n) is 10.1. The molecule has 0 radical (unpaired) electrons. The molecule has 0 saturated heterocycles. The molecule has 0 heterocycles. The normalized spacial score (nSPS) is 35.1. The van der Waals surface area contributed by atoms with Gasteiger partial charge in [-0.15, -0.1) is 12.3 Å². The molecule has 4 rings (SSSR count). The van der Waals surface area contributed by atoms with E-state index in [4.69, 9.17) is 21.4 Å². The maximum atomic E-state index is 12.6. The van der Waals surface area contributed by atoms with Gasteiger partial charge in [-0.3, -0.25) is 4.79 Å². The first kappa shape index (κ1) is 35.1. The van der Waals surface area contributed by atoms with E-state index < -0.39 is 12.3 Å². The van der Waals surface area contributed by atoms with Crippen LogP contribution in [0.15, 0.2) is 17.3 Å². The minimum absolute atomic E-state index is 0.0176. The molecule has 0 aromatic heterocycles. The highest BCUT2D eigenvalue weighted by molar-refractivity contribution is 5.88. The quantitative estimate of drug-likeness (QED) is 0.0384. The minimum atomic E-state index is -0.744. The zero-order valence-corrected chi connectivity index (χ0v) is 27.6. The fourth-order valence-corrected chi connectivity index (χ4v) is 10.1. The Morgan fingerprint density at radius 1 is 1.09 bits per heavy atom. The Hall–Kier alpha value is -2.73. The van der Waals surface area contributed by atoms with E-state index in [-0.39, 0.29) is 44.8 Å². The summed E-state index contributed by atoms with van der Waals surface area (Å²) < 4.78 is 10.3. The van der Waals surface area contributed by atoms with Gasteiger partial charge < -0.3 is 25.2 Å². The summed E-state index contributed by atoms with van der Waals surface area (Å²) in [6.45, 7) is 8.19.